The zero-order chi connectivity index (χ0) is 19.9. The van der Waals surface area contributed by atoms with E-state index in [2.05, 4.69) is 16.0 Å². The van der Waals surface area contributed by atoms with E-state index >= 15 is 0 Å². The van der Waals surface area contributed by atoms with Crippen LogP contribution in [0.4, 0.5) is 11.4 Å². The Balaban J connectivity index is 1.52. The number of nitrogens with one attached hydrogen (secondary N) is 3. The Morgan fingerprint density at radius 2 is 2.04 bits per heavy atom. The van der Waals surface area contributed by atoms with Gasteiger partial charge in [0.15, 0.2) is 0 Å². The van der Waals surface area contributed by atoms with Crippen LogP contribution < -0.4 is 26.4 Å². The fraction of sp³-hybridized carbons (Fsp3) is 0.250. The normalized spacial score (nSPS) is 22.6. The second kappa shape index (κ2) is 6.65. The largest absolute Gasteiger partial charge is 0.496 e. The van der Waals surface area contributed by atoms with Crippen molar-refractivity contribution in [3.8, 4) is 5.75 Å². The van der Waals surface area contributed by atoms with Crippen LogP contribution in [0.3, 0.4) is 0 Å². The van der Waals surface area contributed by atoms with Gasteiger partial charge in [-0.25, -0.2) is 0 Å². The molecule has 0 radical (unpaired) electrons. The summed E-state index contributed by atoms with van der Waals surface area (Å²) in [5.74, 6) is -0.683. The number of primary amides is 1. The summed E-state index contributed by atoms with van der Waals surface area (Å²) in [5, 5.41) is 8.87. The van der Waals surface area contributed by atoms with Gasteiger partial charge in [0, 0.05) is 24.0 Å². The lowest BCUT2D eigenvalue weighted by atomic mass is 9.79. The number of benzene rings is 2. The van der Waals surface area contributed by atoms with Crippen LogP contribution in [0.2, 0.25) is 0 Å². The van der Waals surface area contributed by atoms with Crippen LogP contribution >= 0.6 is 0 Å². The highest BCUT2D eigenvalue weighted by Gasteiger charge is 2.52. The second-order valence-electron chi connectivity index (χ2n) is 6.99. The third-order valence-electron chi connectivity index (χ3n) is 5.38. The van der Waals surface area contributed by atoms with Crippen molar-refractivity contribution < 1.29 is 19.1 Å². The molecule has 2 heterocycles. The molecule has 28 heavy (non-hydrogen) atoms. The van der Waals surface area contributed by atoms with Crippen LogP contribution in [-0.2, 0) is 15.0 Å². The van der Waals surface area contributed by atoms with E-state index in [0.717, 1.165) is 11.3 Å². The van der Waals surface area contributed by atoms with Gasteiger partial charge in [-0.1, -0.05) is 18.2 Å². The van der Waals surface area contributed by atoms with Gasteiger partial charge in [-0.05, 0) is 30.2 Å². The lowest BCUT2D eigenvalue weighted by Gasteiger charge is -2.20. The maximum Gasteiger partial charge on any atom is 0.252 e. The summed E-state index contributed by atoms with van der Waals surface area (Å²) in [6.45, 7) is 0.387. The number of methoxy groups -OCH3 is 1. The van der Waals surface area contributed by atoms with Crippen LogP contribution in [-0.4, -0.2) is 37.4 Å². The molecule has 2 atom stereocenters. The summed E-state index contributed by atoms with van der Waals surface area (Å²) in [6, 6.07) is 11.6. The van der Waals surface area contributed by atoms with E-state index in [4.69, 9.17) is 10.5 Å². The summed E-state index contributed by atoms with van der Waals surface area (Å²) in [5.41, 5.74) is 6.98. The zero-order valence-corrected chi connectivity index (χ0v) is 15.2. The van der Waals surface area contributed by atoms with Crippen molar-refractivity contribution in [2.75, 3.05) is 24.3 Å². The number of amides is 3. The van der Waals surface area contributed by atoms with Crippen LogP contribution in [0.25, 0.3) is 0 Å². The van der Waals surface area contributed by atoms with Crippen molar-refractivity contribution >= 4 is 29.1 Å². The second-order valence-corrected chi connectivity index (χ2v) is 6.99. The number of fused-ring (bicyclic) bond motifs is 2. The molecule has 2 unspecified atom stereocenters. The molecule has 144 valence electrons. The van der Waals surface area contributed by atoms with E-state index in [1.54, 1.807) is 12.1 Å². The van der Waals surface area contributed by atoms with Crippen molar-refractivity contribution in [2.24, 2.45) is 5.73 Å². The molecule has 5 N–H and O–H groups in total. The molecule has 2 aromatic carbocycles. The number of anilines is 2. The Kier molecular flexibility index (Phi) is 4.27. The SMILES string of the molecule is COc1cc(NC(=O)C2CC3(CN2)C(=O)Nc2ccccc23)ccc1C(N)=O. The first-order valence-electron chi connectivity index (χ1n) is 8.88. The molecule has 2 aliphatic heterocycles. The highest BCUT2D eigenvalue weighted by atomic mass is 16.5. The lowest BCUT2D eigenvalue weighted by molar-refractivity contribution is -0.120. The molecule has 0 saturated carbocycles. The number of ether oxygens (including phenoxy) is 1. The predicted molar refractivity (Wildman–Crippen MR) is 103 cm³/mol. The van der Waals surface area contributed by atoms with Crippen LogP contribution in [0.1, 0.15) is 22.3 Å². The van der Waals surface area contributed by atoms with Gasteiger partial charge >= 0.3 is 0 Å². The van der Waals surface area contributed by atoms with Gasteiger partial charge in [0.1, 0.15) is 5.75 Å². The van der Waals surface area contributed by atoms with Gasteiger partial charge in [0.2, 0.25) is 11.8 Å². The molecule has 4 rings (SSSR count). The highest BCUT2D eigenvalue weighted by Crippen LogP contribution is 2.43. The maximum absolute atomic E-state index is 12.8. The number of carbonyl (C=O) groups excluding carboxylic acids is 3. The van der Waals surface area contributed by atoms with E-state index in [9.17, 15) is 14.4 Å². The van der Waals surface area contributed by atoms with Gasteiger partial charge in [0.25, 0.3) is 5.91 Å². The minimum absolute atomic E-state index is 0.0935. The average molecular weight is 380 g/mol. The maximum atomic E-state index is 12.8. The standard InChI is InChI=1S/C20H20N4O4/c1-28-16-8-11(6-7-12(16)17(21)25)23-18(26)15-9-20(10-22-15)13-4-2-3-5-14(13)24-19(20)27/h2-8,15,22H,9-10H2,1H3,(H2,21,25)(H,23,26)(H,24,27). The van der Waals surface area contributed by atoms with E-state index in [0.29, 0.717) is 18.7 Å². The molecule has 8 nitrogen and oxygen atoms in total. The molecule has 3 amide bonds. The number of para-hydroxylation sites is 1. The molecule has 2 aliphatic rings. The predicted octanol–water partition coefficient (Wildman–Crippen LogP) is 0.985. The fourth-order valence-corrected chi connectivity index (χ4v) is 3.93. The van der Waals surface area contributed by atoms with Crippen LogP contribution in [0.15, 0.2) is 42.5 Å². The third kappa shape index (κ3) is 2.78. The van der Waals surface area contributed by atoms with Crippen molar-refractivity contribution in [3.05, 3.63) is 53.6 Å². The van der Waals surface area contributed by atoms with Crippen LogP contribution in [0.5, 0.6) is 5.75 Å². The molecular weight excluding hydrogens is 360 g/mol. The Hall–Kier alpha value is -3.39. The molecule has 0 bridgehead atoms. The third-order valence-corrected chi connectivity index (χ3v) is 5.38. The van der Waals surface area contributed by atoms with Crippen molar-refractivity contribution in [3.63, 3.8) is 0 Å². The van der Waals surface area contributed by atoms with E-state index in [-0.39, 0.29) is 23.1 Å². The van der Waals surface area contributed by atoms with E-state index in [1.807, 2.05) is 24.3 Å². The minimum atomic E-state index is -0.744. The monoisotopic (exact) mass is 380 g/mol. The lowest BCUT2D eigenvalue weighted by Crippen LogP contribution is -2.36. The minimum Gasteiger partial charge on any atom is -0.496 e. The quantitative estimate of drug-likeness (QED) is 0.630. The summed E-state index contributed by atoms with van der Waals surface area (Å²) >= 11 is 0. The summed E-state index contributed by atoms with van der Waals surface area (Å²) in [6.07, 6.45) is 0.359. The van der Waals surface area contributed by atoms with Crippen molar-refractivity contribution in [1.29, 1.82) is 0 Å². The molecule has 1 spiro atoms. The van der Waals surface area contributed by atoms with Gasteiger partial charge in [-0.2, -0.15) is 0 Å². The first-order chi connectivity index (χ1) is 13.4. The Morgan fingerprint density at radius 1 is 1.25 bits per heavy atom. The number of hydrogen-bond acceptors (Lipinski definition) is 5. The van der Waals surface area contributed by atoms with Gasteiger partial charge < -0.3 is 26.4 Å². The molecule has 1 fully saturated rings. The molecular formula is C20H20N4O4. The summed E-state index contributed by atoms with van der Waals surface area (Å²) < 4.78 is 5.16. The number of carbonyl (C=O) groups is 3. The summed E-state index contributed by atoms with van der Waals surface area (Å²) in [7, 11) is 1.42. The molecule has 8 heteroatoms. The highest BCUT2D eigenvalue weighted by molar-refractivity contribution is 6.08. The topological polar surface area (TPSA) is 123 Å². The average Bonchev–Trinajstić information content (AvgIpc) is 3.25. The molecule has 0 aromatic heterocycles. The van der Waals surface area contributed by atoms with Gasteiger partial charge in [0.05, 0.1) is 24.1 Å². The van der Waals surface area contributed by atoms with Crippen molar-refractivity contribution in [2.45, 2.75) is 17.9 Å². The molecule has 0 aliphatic carbocycles. The smallest absolute Gasteiger partial charge is 0.252 e. The van der Waals surface area contributed by atoms with Gasteiger partial charge in [-0.3, -0.25) is 14.4 Å². The fourth-order valence-electron chi connectivity index (χ4n) is 3.93. The molecule has 2 aromatic rings. The number of rotatable bonds is 4. The number of nitrogens with two attached hydrogens (primary N) is 1. The first kappa shape index (κ1) is 18.0. The van der Waals surface area contributed by atoms with Crippen LogP contribution in [0, 0.1) is 0 Å². The van der Waals surface area contributed by atoms with E-state index in [1.165, 1.54) is 13.2 Å². The zero-order valence-electron chi connectivity index (χ0n) is 15.2. The van der Waals surface area contributed by atoms with Crippen molar-refractivity contribution in [1.82, 2.24) is 5.32 Å². The molecule has 1 saturated heterocycles. The van der Waals surface area contributed by atoms with E-state index < -0.39 is 17.4 Å². The summed E-state index contributed by atoms with van der Waals surface area (Å²) in [4.78, 5) is 36.8. The van der Waals surface area contributed by atoms with Gasteiger partial charge in [-0.15, -0.1) is 0 Å². The Morgan fingerprint density at radius 3 is 2.79 bits per heavy atom. The Labute approximate surface area is 161 Å². The Bertz CT molecular complexity index is 990. The first-order valence-corrected chi connectivity index (χ1v) is 8.88. The number of hydrogen-bond donors (Lipinski definition) is 4.